The molecule has 4 heterocycles. The van der Waals surface area contributed by atoms with E-state index in [0.717, 1.165) is 17.8 Å². The van der Waals surface area contributed by atoms with Crippen molar-refractivity contribution in [3.8, 4) is 0 Å². The van der Waals surface area contributed by atoms with E-state index in [9.17, 15) is 24.3 Å². The molecule has 4 N–H and O–H groups in total. The highest BCUT2D eigenvalue weighted by atomic mass is 32.1. The summed E-state index contributed by atoms with van der Waals surface area (Å²) in [6, 6.07) is -2.16. The predicted molar refractivity (Wildman–Crippen MR) is 133 cm³/mol. The molecule has 0 aromatic carbocycles. The van der Waals surface area contributed by atoms with Crippen LogP contribution in [-0.4, -0.2) is 43.7 Å². The number of oxazole rings is 1. The molecule has 3 amide bonds. The molecule has 12 nitrogen and oxygen atoms in total. The van der Waals surface area contributed by atoms with Gasteiger partial charge in [-0.15, -0.1) is 22.7 Å². The highest BCUT2D eigenvalue weighted by molar-refractivity contribution is 7.10. The molecule has 3 aromatic heterocycles. The fourth-order valence-corrected chi connectivity index (χ4v) is 5.56. The number of nitrogens with one attached hydrogen (secondary N) is 3. The number of carbonyl (C=O) groups excluding carboxylic acids is 3. The molecule has 196 valence electrons. The summed E-state index contributed by atoms with van der Waals surface area (Å²) in [6.45, 7) is 7.21. The molecular weight excluding hydrogens is 520 g/mol. The van der Waals surface area contributed by atoms with Gasteiger partial charge in [0.1, 0.15) is 33.2 Å². The molecule has 1 aliphatic rings. The van der Waals surface area contributed by atoms with Crippen LogP contribution in [0.4, 0.5) is 0 Å². The normalized spacial score (nSPS) is 21.3. The van der Waals surface area contributed by atoms with Crippen LogP contribution in [0.25, 0.3) is 0 Å². The van der Waals surface area contributed by atoms with E-state index in [1.54, 1.807) is 19.2 Å². The first-order valence-corrected chi connectivity index (χ1v) is 13.4. The molecule has 3 aromatic rings. The minimum atomic E-state index is -1.14. The van der Waals surface area contributed by atoms with E-state index in [1.165, 1.54) is 16.7 Å². The number of aryl methyl sites for hydroxylation is 1. The first kappa shape index (κ1) is 26.4. The van der Waals surface area contributed by atoms with Crippen LogP contribution in [0.3, 0.4) is 0 Å². The van der Waals surface area contributed by atoms with Crippen molar-refractivity contribution in [3.05, 3.63) is 49.5 Å². The maximum atomic E-state index is 13.2. The Kier molecular flexibility index (Phi) is 7.68. The minimum Gasteiger partial charge on any atom is -0.481 e. The minimum absolute atomic E-state index is 0.0185. The number of amides is 3. The smallest absolute Gasteiger partial charge is 0.305 e. The van der Waals surface area contributed by atoms with Gasteiger partial charge in [0.2, 0.25) is 5.89 Å². The van der Waals surface area contributed by atoms with Crippen molar-refractivity contribution in [2.75, 3.05) is 0 Å². The van der Waals surface area contributed by atoms with Crippen LogP contribution in [0.1, 0.15) is 105 Å². The number of carboxylic acid groups (broad SMARTS) is 1. The molecule has 0 spiro atoms. The second-order valence-corrected chi connectivity index (χ2v) is 10.5. The summed E-state index contributed by atoms with van der Waals surface area (Å²) in [5.41, 5.74) is 0.223. The summed E-state index contributed by atoms with van der Waals surface area (Å²) >= 11 is 2.28. The molecule has 4 atom stereocenters. The van der Waals surface area contributed by atoms with Crippen LogP contribution in [0.5, 0.6) is 0 Å². The van der Waals surface area contributed by atoms with Crippen molar-refractivity contribution in [1.82, 2.24) is 30.9 Å². The van der Waals surface area contributed by atoms with E-state index in [1.807, 2.05) is 13.8 Å². The van der Waals surface area contributed by atoms with Gasteiger partial charge in [0.05, 0.1) is 18.5 Å². The third-order valence-corrected chi connectivity index (χ3v) is 7.89. The number of hydrogen-bond donors (Lipinski definition) is 4. The van der Waals surface area contributed by atoms with Crippen LogP contribution < -0.4 is 16.0 Å². The number of rotatable bonds is 4. The van der Waals surface area contributed by atoms with Gasteiger partial charge in [-0.2, -0.15) is 0 Å². The molecule has 0 radical (unpaired) electrons. The van der Waals surface area contributed by atoms with Gasteiger partial charge in [-0.05, 0) is 19.8 Å². The van der Waals surface area contributed by atoms with Gasteiger partial charge >= 0.3 is 5.97 Å². The van der Waals surface area contributed by atoms with Crippen LogP contribution >= 0.6 is 22.7 Å². The Morgan fingerprint density at radius 1 is 1.03 bits per heavy atom. The zero-order chi connectivity index (χ0) is 26.9. The van der Waals surface area contributed by atoms with Crippen molar-refractivity contribution in [2.45, 2.75) is 58.7 Å². The lowest BCUT2D eigenvalue weighted by Crippen LogP contribution is -2.34. The lowest BCUT2D eigenvalue weighted by Gasteiger charge is -2.22. The molecule has 1 aliphatic heterocycles. The maximum absolute atomic E-state index is 13.2. The van der Waals surface area contributed by atoms with Gasteiger partial charge in [-0.25, -0.2) is 15.0 Å². The molecule has 0 aliphatic carbocycles. The van der Waals surface area contributed by atoms with E-state index < -0.39 is 48.2 Å². The van der Waals surface area contributed by atoms with Crippen molar-refractivity contribution >= 4 is 46.4 Å². The number of carboxylic acids is 1. The molecule has 0 saturated carbocycles. The highest BCUT2D eigenvalue weighted by Crippen LogP contribution is 2.29. The molecule has 4 rings (SSSR count). The van der Waals surface area contributed by atoms with E-state index in [-0.39, 0.29) is 33.9 Å². The summed E-state index contributed by atoms with van der Waals surface area (Å²) in [6.07, 6.45) is 0.295. The largest absolute Gasteiger partial charge is 0.481 e. The molecule has 37 heavy (non-hydrogen) atoms. The average Bonchev–Trinajstić information content (AvgIpc) is 3.60. The van der Waals surface area contributed by atoms with Gasteiger partial charge in [0.15, 0.2) is 5.69 Å². The number of aliphatic carboxylic acids is 1. The Labute approximate surface area is 219 Å². The first-order chi connectivity index (χ1) is 17.6. The Morgan fingerprint density at radius 3 is 2.30 bits per heavy atom. The van der Waals surface area contributed by atoms with Crippen LogP contribution in [0, 0.1) is 12.8 Å². The number of fused-ring (bicyclic) bond motifs is 6. The van der Waals surface area contributed by atoms with E-state index in [2.05, 4.69) is 30.9 Å². The average molecular weight is 547 g/mol. The summed E-state index contributed by atoms with van der Waals surface area (Å²) in [4.78, 5) is 63.5. The Balaban J connectivity index is 1.78. The SMILES string of the molecule is CC[C@H](C)[C@@H]1NC(=O)c2nc(oc2C)[C@H](C)NC(=O)c2csc(n2)[C@@H](CC(=O)O)NC(=O)c2csc1n2. The van der Waals surface area contributed by atoms with Crippen LogP contribution in [0.2, 0.25) is 0 Å². The third kappa shape index (κ3) is 5.69. The number of thiazole rings is 2. The lowest BCUT2D eigenvalue weighted by atomic mass is 9.99. The van der Waals surface area contributed by atoms with Crippen molar-refractivity contribution in [2.24, 2.45) is 5.92 Å². The fourth-order valence-electron chi connectivity index (χ4n) is 3.73. The third-order valence-electron chi connectivity index (χ3n) is 6.00. The van der Waals surface area contributed by atoms with Gasteiger partial charge in [0, 0.05) is 10.8 Å². The second-order valence-electron chi connectivity index (χ2n) is 8.75. The molecule has 14 heteroatoms. The number of hydrogen-bond acceptors (Lipinski definition) is 10. The number of nitrogens with zero attached hydrogens (tertiary/aromatic N) is 3. The fraction of sp³-hybridized carbons (Fsp3) is 0.435. The summed E-state index contributed by atoms with van der Waals surface area (Å²) in [5.74, 6) is -2.31. The maximum Gasteiger partial charge on any atom is 0.305 e. The second kappa shape index (κ2) is 10.8. The van der Waals surface area contributed by atoms with Crippen molar-refractivity contribution in [1.29, 1.82) is 0 Å². The highest BCUT2D eigenvalue weighted by Gasteiger charge is 2.30. The zero-order valence-corrected chi connectivity index (χ0v) is 22.2. The first-order valence-electron chi connectivity index (χ1n) is 11.6. The van der Waals surface area contributed by atoms with Gasteiger partial charge < -0.3 is 25.5 Å². The van der Waals surface area contributed by atoms with Crippen LogP contribution in [-0.2, 0) is 4.79 Å². The molecule has 0 saturated heterocycles. The van der Waals surface area contributed by atoms with Crippen LogP contribution in [0.15, 0.2) is 15.2 Å². The van der Waals surface area contributed by atoms with Crippen molar-refractivity contribution in [3.63, 3.8) is 0 Å². The monoisotopic (exact) mass is 546 g/mol. The molecule has 6 bridgehead atoms. The molecule has 0 fully saturated rings. The molecule has 0 unspecified atom stereocenters. The van der Waals surface area contributed by atoms with Crippen molar-refractivity contribution < 1.29 is 28.7 Å². The van der Waals surface area contributed by atoms with E-state index >= 15 is 0 Å². The Hall–Kier alpha value is -3.65. The Bertz CT molecular complexity index is 1350. The standard InChI is InChI=1S/C23H26N6O6S2/c1-5-9(2)16-23-27-14(8-37-23)19(33)25-12(6-15(30)31)22-26-13(7-36-22)18(32)24-10(3)21-29-17(11(4)35-21)20(34)28-16/h7-10,12,16H,5-6H2,1-4H3,(H,24,32)(H,25,33)(H,28,34)(H,30,31)/t9-,10-,12+,16-/m0/s1. The van der Waals surface area contributed by atoms with Gasteiger partial charge in [-0.1, -0.05) is 20.3 Å². The van der Waals surface area contributed by atoms with Gasteiger partial charge in [-0.3, -0.25) is 19.2 Å². The number of aromatic nitrogens is 3. The van der Waals surface area contributed by atoms with E-state index in [0.29, 0.717) is 10.8 Å². The Morgan fingerprint density at radius 2 is 1.65 bits per heavy atom. The topological polar surface area (TPSA) is 176 Å². The predicted octanol–water partition coefficient (Wildman–Crippen LogP) is 3.16. The zero-order valence-electron chi connectivity index (χ0n) is 20.5. The quantitative estimate of drug-likeness (QED) is 0.383. The summed E-state index contributed by atoms with van der Waals surface area (Å²) < 4.78 is 5.69. The lowest BCUT2D eigenvalue weighted by molar-refractivity contribution is -0.137. The summed E-state index contributed by atoms with van der Waals surface area (Å²) in [5, 5.41) is 21.6. The van der Waals surface area contributed by atoms with E-state index in [4.69, 9.17) is 4.42 Å². The summed E-state index contributed by atoms with van der Waals surface area (Å²) in [7, 11) is 0. The van der Waals surface area contributed by atoms with Gasteiger partial charge in [0.25, 0.3) is 17.7 Å². The number of carbonyl (C=O) groups is 4. The molecular formula is C23H26N6O6S2.